The molecule has 0 saturated carbocycles. The van der Waals surface area contributed by atoms with Gasteiger partial charge in [0.1, 0.15) is 6.54 Å². The number of aryl methyl sites for hydroxylation is 1. The average molecular weight is 462 g/mol. The van der Waals surface area contributed by atoms with E-state index >= 15 is 0 Å². The smallest absolute Gasteiger partial charge is 0.244 e. The van der Waals surface area contributed by atoms with Crippen LogP contribution in [-0.2, 0) is 19.6 Å². The quantitative estimate of drug-likeness (QED) is 0.683. The van der Waals surface area contributed by atoms with Crippen LogP contribution in [0.15, 0.2) is 46.2 Å². The maximum absolute atomic E-state index is 12.9. The summed E-state index contributed by atoms with van der Waals surface area (Å²) in [6.45, 7) is 7.97. The van der Waals surface area contributed by atoms with E-state index in [4.69, 9.17) is 0 Å². The molecule has 3 rings (SSSR count). The molecular weight excluding hydrogens is 434 g/mol. The number of anilines is 2. The van der Waals surface area contributed by atoms with Crippen LogP contribution in [0.5, 0.6) is 0 Å². The minimum absolute atomic E-state index is 0.116. The lowest BCUT2D eigenvalue weighted by molar-refractivity contribution is -0.120. The van der Waals surface area contributed by atoms with Crippen molar-refractivity contribution in [2.75, 3.05) is 35.6 Å². The predicted molar refractivity (Wildman–Crippen MR) is 124 cm³/mol. The molecular formula is C22H27N3O4S2. The topological polar surface area (TPSA) is 86.8 Å². The van der Waals surface area contributed by atoms with Gasteiger partial charge in [-0.15, -0.1) is 11.8 Å². The van der Waals surface area contributed by atoms with Gasteiger partial charge in [-0.3, -0.25) is 9.59 Å². The zero-order valence-electron chi connectivity index (χ0n) is 18.1. The molecule has 0 fully saturated rings. The number of amides is 2. The van der Waals surface area contributed by atoms with E-state index in [1.54, 1.807) is 26.0 Å². The molecule has 0 unspecified atom stereocenters. The lowest BCUT2D eigenvalue weighted by Crippen LogP contribution is -2.41. The van der Waals surface area contributed by atoms with Crippen molar-refractivity contribution >= 4 is 45.0 Å². The SMILES string of the molecule is CCN(CC)S(=O)(=O)c1ccc2c(c1)N(CC(=O)Nc1cccc(C)c1C)C(=O)CS2. The van der Waals surface area contributed by atoms with E-state index in [2.05, 4.69) is 5.32 Å². The van der Waals surface area contributed by atoms with Crippen LogP contribution in [-0.4, -0.2) is 49.9 Å². The fourth-order valence-electron chi connectivity index (χ4n) is 3.45. The molecule has 166 valence electrons. The Kier molecular flexibility index (Phi) is 7.08. The Morgan fingerprint density at radius 1 is 1.16 bits per heavy atom. The molecule has 2 aromatic rings. The number of sulfonamides is 1. The maximum Gasteiger partial charge on any atom is 0.244 e. The van der Waals surface area contributed by atoms with Gasteiger partial charge >= 0.3 is 0 Å². The fourth-order valence-corrected chi connectivity index (χ4v) is 5.84. The molecule has 0 radical (unpaired) electrons. The molecule has 1 N–H and O–H groups in total. The van der Waals surface area contributed by atoms with Gasteiger partial charge in [-0.1, -0.05) is 26.0 Å². The van der Waals surface area contributed by atoms with Crippen LogP contribution in [0.4, 0.5) is 11.4 Å². The van der Waals surface area contributed by atoms with E-state index in [0.29, 0.717) is 24.5 Å². The molecule has 1 aliphatic heterocycles. The molecule has 31 heavy (non-hydrogen) atoms. The molecule has 2 aromatic carbocycles. The number of fused-ring (bicyclic) bond motifs is 1. The highest BCUT2D eigenvalue weighted by Gasteiger charge is 2.30. The van der Waals surface area contributed by atoms with Crippen molar-refractivity contribution in [2.45, 2.75) is 37.5 Å². The van der Waals surface area contributed by atoms with E-state index in [-0.39, 0.29) is 29.0 Å². The van der Waals surface area contributed by atoms with E-state index in [0.717, 1.165) is 16.0 Å². The number of nitrogens with one attached hydrogen (secondary N) is 1. The molecule has 0 aliphatic carbocycles. The molecule has 2 amide bonds. The highest BCUT2D eigenvalue weighted by Crippen LogP contribution is 2.37. The minimum atomic E-state index is -3.68. The van der Waals surface area contributed by atoms with Crippen LogP contribution in [0, 0.1) is 13.8 Å². The summed E-state index contributed by atoms with van der Waals surface area (Å²) < 4.78 is 27.2. The van der Waals surface area contributed by atoms with Gasteiger partial charge in [0.15, 0.2) is 0 Å². The molecule has 1 heterocycles. The number of hydrogen-bond donors (Lipinski definition) is 1. The standard InChI is InChI=1S/C22H27N3O4S2/c1-5-24(6-2)31(28,29)17-10-11-20-19(12-17)25(22(27)14-30-20)13-21(26)23-18-9-7-8-15(3)16(18)4/h7-12H,5-6,13-14H2,1-4H3,(H,23,26). The number of nitrogens with zero attached hydrogens (tertiary/aromatic N) is 2. The molecule has 0 aromatic heterocycles. The summed E-state index contributed by atoms with van der Waals surface area (Å²) in [6, 6.07) is 10.4. The summed E-state index contributed by atoms with van der Waals surface area (Å²) in [6.07, 6.45) is 0. The van der Waals surface area contributed by atoms with Gasteiger partial charge in [0.25, 0.3) is 0 Å². The van der Waals surface area contributed by atoms with Gasteiger partial charge in [-0.2, -0.15) is 4.31 Å². The van der Waals surface area contributed by atoms with E-state index in [1.165, 1.54) is 27.0 Å². The third kappa shape index (κ3) is 4.78. The molecule has 0 spiro atoms. The summed E-state index contributed by atoms with van der Waals surface area (Å²) in [7, 11) is -3.68. The summed E-state index contributed by atoms with van der Waals surface area (Å²) >= 11 is 1.34. The largest absolute Gasteiger partial charge is 0.324 e. The Labute approximate surface area is 187 Å². The van der Waals surface area contributed by atoms with Crippen LogP contribution in [0.25, 0.3) is 0 Å². The predicted octanol–water partition coefficient (Wildman–Crippen LogP) is 3.41. The number of benzene rings is 2. The third-order valence-electron chi connectivity index (χ3n) is 5.40. The second-order valence-corrected chi connectivity index (χ2v) is 10.2. The lowest BCUT2D eigenvalue weighted by Gasteiger charge is -2.29. The average Bonchev–Trinajstić information content (AvgIpc) is 2.74. The third-order valence-corrected chi connectivity index (χ3v) is 8.49. The summed E-state index contributed by atoms with van der Waals surface area (Å²) in [4.78, 5) is 27.6. The monoisotopic (exact) mass is 461 g/mol. The molecule has 9 heteroatoms. The van der Waals surface area contributed by atoms with Crippen LogP contribution in [0.3, 0.4) is 0 Å². The number of carbonyl (C=O) groups is 2. The zero-order valence-corrected chi connectivity index (χ0v) is 19.8. The first kappa shape index (κ1) is 23.3. The van der Waals surface area contributed by atoms with Crippen molar-refractivity contribution < 1.29 is 18.0 Å². The van der Waals surface area contributed by atoms with Gasteiger partial charge in [-0.25, -0.2) is 8.42 Å². The second-order valence-electron chi connectivity index (χ2n) is 7.28. The Bertz CT molecular complexity index is 1110. The summed E-state index contributed by atoms with van der Waals surface area (Å²) in [5.74, 6) is -0.366. The van der Waals surface area contributed by atoms with Gasteiger partial charge in [0, 0.05) is 23.7 Å². The van der Waals surface area contributed by atoms with Crippen LogP contribution in [0.2, 0.25) is 0 Å². The Morgan fingerprint density at radius 3 is 2.55 bits per heavy atom. The highest BCUT2D eigenvalue weighted by atomic mass is 32.2. The number of thioether (sulfide) groups is 1. The molecule has 7 nitrogen and oxygen atoms in total. The maximum atomic E-state index is 12.9. The lowest BCUT2D eigenvalue weighted by atomic mass is 10.1. The first-order chi connectivity index (χ1) is 14.7. The molecule has 0 saturated heterocycles. The number of rotatable bonds is 7. The van der Waals surface area contributed by atoms with E-state index in [1.807, 2.05) is 32.0 Å². The minimum Gasteiger partial charge on any atom is -0.324 e. The highest BCUT2D eigenvalue weighted by molar-refractivity contribution is 8.00. The van der Waals surface area contributed by atoms with Gasteiger partial charge < -0.3 is 10.2 Å². The molecule has 1 aliphatic rings. The van der Waals surface area contributed by atoms with Crippen molar-refractivity contribution in [3.63, 3.8) is 0 Å². The number of carbonyl (C=O) groups excluding carboxylic acids is 2. The van der Waals surface area contributed by atoms with E-state index < -0.39 is 10.0 Å². The van der Waals surface area contributed by atoms with Gasteiger partial charge in [-0.05, 0) is 49.2 Å². The van der Waals surface area contributed by atoms with Crippen LogP contribution in [0.1, 0.15) is 25.0 Å². The Balaban J connectivity index is 1.90. The summed E-state index contributed by atoms with van der Waals surface area (Å²) in [5.41, 5.74) is 3.16. The van der Waals surface area contributed by atoms with E-state index in [9.17, 15) is 18.0 Å². The normalized spacial score (nSPS) is 14.0. The first-order valence-corrected chi connectivity index (χ1v) is 12.5. The van der Waals surface area contributed by atoms with Crippen LogP contribution >= 0.6 is 11.8 Å². The molecule has 0 atom stereocenters. The Hall–Kier alpha value is -2.36. The number of hydrogen-bond acceptors (Lipinski definition) is 5. The second kappa shape index (κ2) is 9.42. The van der Waals surface area contributed by atoms with Crippen molar-refractivity contribution in [2.24, 2.45) is 0 Å². The summed E-state index contributed by atoms with van der Waals surface area (Å²) in [5, 5.41) is 2.86. The van der Waals surface area contributed by atoms with Crippen molar-refractivity contribution in [3.05, 3.63) is 47.5 Å². The fraction of sp³-hybridized carbons (Fsp3) is 0.364. The van der Waals surface area contributed by atoms with Crippen molar-refractivity contribution in [1.29, 1.82) is 0 Å². The zero-order chi connectivity index (χ0) is 22.8. The van der Waals surface area contributed by atoms with Crippen molar-refractivity contribution in [1.82, 2.24) is 4.31 Å². The Morgan fingerprint density at radius 2 is 1.87 bits per heavy atom. The van der Waals surface area contributed by atoms with Crippen LogP contribution < -0.4 is 10.2 Å². The van der Waals surface area contributed by atoms with Crippen molar-refractivity contribution in [3.8, 4) is 0 Å². The first-order valence-electron chi connectivity index (χ1n) is 10.1. The van der Waals surface area contributed by atoms with Gasteiger partial charge in [0.2, 0.25) is 21.8 Å². The molecule has 0 bridgehead atoms. The van der Waals surface area contributed by atoms with Gasteiger partial charge in [0.05, 0.1) is 16.3 Å².